The monoisotopic (exact) mass is 1060 g/mol. The molecule has 0 aromatic carbocycles. The van der Waals surface area contributed by atoms with E-state index >= 15 is 0 Å². The van der Waals surface area contributed by atoms with E-state index in [4.69, 9.17) is 13.8 Å². The molecule has 0 saturated carbocycles. The van der Waals surface area contributed by atoms with E-state index in [1.54, 1.807) is 0 Å². The summed E-state index contributed by atoms with van der Waals surface area (Å²) < 4.78 is 30.7. The Kier molecular flexibility index (Phi) is 52.4. The molecule has 0 bridgehead atoms. The number of hydrogen-bond donors (Lipinski definition) is 2. The van der Waals surface area contributed by atoms with Gasteiger partial charge in [0.15, 0.2) is 0 Å². The molecule has 0 radical (unpaired) electrons. The van der Waals surface area contributed by atoms with Crippen molar-refractivity contribution >= 4 is 19.7 Å². The molecule has 1 amide bonds. The third-order valence-electron chi connectivity index (χ3n) is 13.7. The Balaban J connectivity index is 5.21. The molecule has 0 fully saturated rings. The minimum Gasteiger partial charge on any atom is -0.456 e. The fraction of sp³-hybridized carbons (Fsp3) is 0.812. The highest BCUT2D eigenvalue weighted by atomic mass is 31.2. The third-order valence-corrected chi connectivity index (χ3v) is 14.7. The van der Waals surface area contributed by atoms with Crippen molar-refractivity contribution in [1.82, 2.24) is 5.32 Å². The molecule has 0 aromatic heterocycles. The molecule has 74 heavy (non-hydrogen) atoms. The van der Waals surface area contributed by atoms with Crippen molar-refractivity contribution in [2.24, 2.45) is 0 Å². The van der Waals surface area contributed by atoms with Crippen LogP contribution in [0.3, 0.4) is 0 Å². The summed E-state index contributed by atoms with van der Waals surface area (Å²) in [5.41, 5.74) is 0. The first-order chi connectivity index (χ1) is 35.9. The van der Waals surface area contributed by atoms with Gasteiger partial charge in [-0.25, -0.2) is 4.57 Å². The molecule has 9 nitrogen and oxygen atoms in total. The van der Waals surface area contributed by atoms with Gasteiger partial charge in [-0.3, -0.25) is 18.6 Å². The van der Waals surface area contributed by atoms with E-state index < -0.39 is 20.0 Å². The number of ether oxygens (including phenoxy) is 1. The maximum atomic E-state index is 13.5. The topological polar surface area (TPSA) is 111 Å². The molecule has 0 aromatic rings. The van der Waals surface area contributed by atoms with Crippen LogP contribution in [0.25, 0.3) is 0 Å². The van der Waals surface area contributed by atoms with E-state index in [2.05, 4.69) is 74.7 Å². The van der Waals surface area contributed by atoms with Crippen LogP contribution in [0.15, 0.2) is 60.8 Å². The number of nitrogens with one attached hydrogen (secondary N) is 1. The first kappa shape index (κ1) is 71.7. The molecule has 0 aliphatic heterocycles. The molecular weight excluding hydrogens is 940 g/mol. The second kappa shape index (κ2) is 54.1. The molecule has 0 saturated heterocycles. The number of unbranched alkanes of at least 4 members (excludes halogenated alkanes) is 32. The summed E-state index contributed by atoms with van der Waals surface area (Å²) >= 11 is 0. The Bertz CT molecular complexity index is 1450. The second-order valence-electron chi connectivity index (χ2n) is 22.2. The van der Waals surface area contributed by atoms with Gasteiger partial charge in [0.2, 0.25) is 5.91 Å². The van der Waals surface area contributed by atoms with Gasteiger partial charge in [0.1, 0.15) is 19.3 Å². The largest absolute Gasteiger partial charge is 0.472 e. The Labute approximate surface area is 458 Å². The number of phosphoric acid groups is 1. The summed E-state index contributed by atoms with van der Waals surface area (Å²) in [6.07, 6.45) is 67.8. The van der Waals surface area contributed by atoms with Crippen LogP contribution in [0.1, 0.15) is 284 Å². The Morgan fingerprint density at radius 1 is 0.473 bits per heavy atom. The fourth-order valence-corrected chi connectivity index (χ4v) is 9.60. The van der Waals surface area contributed by atoms with E-state index in [0.29, 0.717) is 23.9 Å². The molecule has 0 aliphatic carbocycles. The third kappa shape index (κ3) is 54.5. The number of carbonyl (C=O) groups is 2. The number of esters is 1. The van der Waals surface area contributed by atoms with Crippen molar-refractivity contribution in [3.63, 3.8) is 0 Å². The molecule has 2 N–H and O–H groups in total. The number of phosphoric ester groups is 1. The van der Waals surface area contributed by atoms with Gasteiger partial charge in [0.05, 0.1) is 33.8 Å². The molecule has 0 spiro atoms. The van der Waals surface area contributed by atoms with Gasteiger partial charge in [-0.15, -0.1) is 0 Å². The van der Waals surface area contributed by atoms with Gasteiger partial charge >= 0.3 is 13.8 Å². The van der Waals surface area contributed by atoms with Crippen molar-refractivity contribution in [2.45, 2.75) is 296 Å². The molecule has 0 aliphatic rings. The van der Waals surface area contributed by atoms with E-state index in [9.17, 15) is 19.0 Å². The smallest absolute Gasteiger partial charge is 0.456 e. The molecule has 3 unspecified atom stereocenters. The van der Waals surface area contributed by atoms with Crippen LogP contribution >= 0.6 is 7.82 Å². The Morgan fingerprint density at radius 3 is 1.26 bits per heavy atom. The van der Waals surface area contributed by atoms with E-state index in [0.717, 1.165) is 89.9 Å². The Morgan fingerprint density at radius 2 is 0.824 bits per heavy atom. The van der Waals surface area contributed by atoms with E-state index in [1.165, 1.54) is 161 Å². The number of allylic oxidation sites excluding steroid dienone is 9. The number of rotatable bonds is 56. The molecule has 3 atom stereocenters. The zero-order valence-electron chi connectivity index (χ0n) is 49.3. The van der Waals surface area contributed by atoms with Crippen LogP contribution < -0.4 is 5.32 Å². The zero-order chi connectivity index (χ0) is 54.3. The van der Waals surface area contributed by atoms with E-state index in [-0.39, 0.29) is 25.1 Å². The summed E-state index contributed by atoms with van der Waals surface area (Å²) in [7, 11) is 1.49. The van der Waals surface area contributed by atoms with Crippen LogP contribution in [0.5, 0.6) is 0 Å². The lowest BCUT2D eigenvalue weighted by atomic mass is 10.0. The summed E-state index contributed by atoms with van der Waals surface area (Å²) in [4.78, 5) is 37.7. The number of nitrogens with zero attached hydrogens (tertiary/aromatic N) is 1. The summed E-state index contributed by atoms with van der Waals surface area (Å²) in [5.74, 6) is -0.511. The predicted molar refractivity (Wildman–Crippen MR) is 318 cm³/mol. The van der Waals surface area contributed by atoms with E-state index in [1.807, 2.05) is 33.3 Å². The first-order valence-corrected chi connectivity index (χ1v) is 32.6. The average Bonchev–Trinajstić information content (AvgIpc) is 3.36. The lowest BCUT2D eigenvalue weighted by Crippen LogP contribution is -2.47. The van der Waals surface area contributed by atoms with Crippen molar-refractivity contribution in [3.8, 4) is 0 Å². The van der Waals surface area contributed by atoms with Crippen LogP contribution in [0.2, 0.25) is 0 Å². The maximum Gasteiger partial charge on any atom is 0.472 e. The van der Waals surface area contributed by atoms with Crippen molar-refractivity contribution in [3.05, 3.63) is 60.8 Å². The summed E-state index contributed by atoms with van der Waals surface area (Å²) in [5, 5.41) is 3.05. The van der Waals surface area contributed by atoms with Crippen LogP contribution in [-0.2, 0) is 27.9 Å². The number of carbonyl (C=O) groups excluding carboxylic acids is 2. The Hall–Kier alpha value is -2.29. The summed E-state index contributed by atoms with van der Waals surface area (Å²) in [6.45, 7) is 6.99. The normalized spacial score (nSPS) is 14.1. The molecule has 0 heterocycles. The lowest BCUT2D eigenvalue weighted by molar-refractivity contribution is -0.870. The number of hydrogen-bond acceptors (Lipinski definition) is 6. The highest BCUT2D eigenvalue weighted by Gasteiger charge is 2.30. The van der Waals surface area contributed by atoms with Crippen LogP contribution in [0.4, 0.5) is 0 Å². The number of amides is 1. The fourth-order valence-electron chi connectivity index (χ4n) is 8.87. The molecule has 10 heteroatoms. The van der Waals surface area contributed by atoms with Crippen LogP contribution in [-0.4, -0.2) is 74.3 Å². The molecular formula is C64H120N2O7P+. The maximum absolute atomic E-state index is 13.5. The average molecular weight is 1060 g/mol. The minimum atomic E-state index is -4.45. The van der Waals surface area contributed by atoms with Gasteiger partial charge in [-0.2, -0.15) is 0 Å². The van der Waals surface area contributed by atoms with Crippen molar-refractivity contribution in [2.75, 3.05) is 40.9 Å². The quantitative estimate of drug-likeness (QED) is 0.0205. The zero-order valence-corrected chi connectivity index (χ0v) is 50.2. The molecule has 432 valence electrons. The lowest BCUT2D eigenvalue weighted by Gasteiger charge is -2.27. The standard InChI is InChI=1S/C64H119N2O7P/c1-7-10-13-16-19-22-25-28-29-30-31-32-33-34-35-36-37-39-41-44-47-50-53-56-63(67)65-61(60-72-74(69,70)71-59-58-66(4,5)6)62(55-52-49-46-43-40-27-24-21-18-15-12-9-3)73-64(68)57-54-51-48-45-42-38-26-23-20-17-14-11-8-2/h19,22,28-29,31-32,34-35,52,55,61-62H,7-18,20-21,23-27,30,33,36-51,53-54,56-60H2,1-6H3,(H-,65,67,69,70)/p+1/b22-19-,29-28-,32-31-,35-34-,55-52-. The molecule has 0 rings (SSSR count). The SMILES string of the molecule is CCCCC/C=C\C/C=C\C/C=C\C/C=C\CCCCCCCCCC(=O)NC(COP(=O)(O)OCC[N+](C)(C)C)C(/C=C\CCCCCCCCCCCC)OC(=O)CCCCCCCCCCCCCCC. The summed E-state index contributed by atoms with van der Waals surface area (Å²) in [6, 6.07) is -0.853. The van der Waals surface area contributed by atoms with Gasteiger partial charge < -0.3 is 19.4 Å². The van der Waals surface area contributed by atoms with Crippen molar-refractivity contribution in [1.29, 1.82) is 0 Å². The van der Waals surface area contributed by atoms with Gasteiger partial charge in [-0.1, -0.05) is 255 Å². The van der Waals surface area contributed by atoms with Gasteiger partial charge in [0.25, 0.3) is 0 Å². The highest BCUT2D eigenvalue weighted by Crippen LogP contribution is 2.43. The number of likely N-dealkylation sites (N-methyl/N-ethyl adjacent to an activating group) is 1. The van der Waals surface area contributed by atoms with Gasteiger partial charge in [-0.05, 0) is 76.7 Å². The number of quaternary nitrogens is 1. The highest BCUT2D eigenvalue weighted by molar-refractivity contribution is 7.47. The first-order valence-electron chi connectivity index (χ1n) is 31.1. The van der Waals surface area contributed by atoms with Crippen molar-refractivity contribution < 1.29 is 37.3 Å². The predicted octanol–water partition coefficient (Wildman–Crippen LogP) is 19.1. The van der Waals surface area contributed by atoms with Gasteiger partial charge in [0, 0.05) is 12.8 Å². The second-order valence-corrected chi connectivity index (χ2v) is 23.7. The minimum absolute atomic E-state index is 0.0377. The van der Waals surface area contributed by atoms with Crippen LogP contribution in [0, 0.1) is 0 Å².